The van der Waals surface area contributed by atoms with Gasteiger partial charge in [-0.15, -0.1) is 0 Å². The number of aryl methyl sites for hydroxylation is 1. The van der Waals surface area contributed by atoms with E-state index in [1.165, 1.54) is 6.07 Å². The lowest BCUT2D eigenvalue weighted by molar-refractivity contribution is 0.577. The average molecular weight is 338 g/mol. The molecule has 1 atom stereocenters. The van der Waals surface area contributed by atoms with E-state index in [1.807, 2.05) is 6.07 Å². The van der Waals surface area contributed by atoms with Crippen LogP contribution in [0.2, 0.25) is 0 Å². The lowest BCUT2D eigenvalue weighted by Crippen LogP contribution is -2.08. The highest BCUT2D eigenvalue weighted by molar-refractivity contribution is 9.10. The molecule has 0 N–H and O–H groups in total. The highest BCUT2D eigenvalue weighted by Crippen LogP contribution is 2.24. The molecule has 1 rings (SSSR count). The Labute approximate surface area is 108 Å². The normalized spacial score (nSPS) is 13.2. The maximum Gasteiger partial charge on any atom is 0.137 e. The monoisotopic (exact) mass is 336 g/mol. The smallest absolute Gasteiger partial charge is 0.137 e. The number of benzene rings is 1. The molecule has 0 fully saturated rings. The number of alkyl halides is 1. The minimum absolute atomic E-state index is 0.178. The predicted octanol–water partition coefficient (Wildman–Crippen LogP) is 4.94. The zero-order chi connectivity index (χ0) is 11.4. The summed E-state index contributed by atoms with van der Waals surface area (Å²) in [4.78, 5) is 0.493. The summed E-state index contributed by atoms with van der Waals surface area (Å²) in [7, 11) is 0. The van der Waals surface area contributed by atoms with Gasteiger partial charge in [0.15, 0.2) is 0 Å². The van der Waals surface area contributed by atoms with Gasteiger partial charge in [0.2, 0.25) is 0 Å². The second kappa shape index (κ2) is 6.00. The van der Waals surface area contributed by atoms with Gasteiger partial charge in [0.25, 0.3) is 0 Å². The first-order valence-electron chi connectivity index (χ1n) is 5.09. The van der Waals surface area contributed by atoms with Gasteiger partial charge in [0, 0.05) is 4.83 Å². The van der Waals surface area contributed by atoms with Crippen LogP contribution in [0, 0.1) is 11.7 Å². The van der Waals surface area contributed by atoms with Crippen molar-refractivity contribution in [1.82, 2.24) is 0 Å². The van der Waals surface area contributed by atoms with Crippen LogP contribution in [-0.2, 0) is 6.42 Å². The van der Waals surface area contributed by atoms with Gasteiger partial charge >= 0.3 is 0 Å². The number of halogens is 3. The third-order valence-corrected chi connectivity index (χ3v) is 4.85. The largest absolute Gasteiger partial charge is 0.206 e. The molecule has 0 aromatic heterocycles. The van der Waals surface area contributed by atoms with Crippen molar-refractivity contribution >= 4 is 31.9 Å². The predicted molar refractivity (Wildman–Crippen MR) is 70.0 cm³/mol. The van der Waals surface area contributed by atoms with Crippen LogP contribution in [0.4, 0.5) is 4.39 Å². The number of hydrogen-bond donors (Lipinski definition) is 0. The average Bonchev–Trinajstić information content (AvgIpc) is 2.19. The van der Waals surface area contributed by atoms with Gasteiger partial charge in [-0.2, -0.15) is 0 Å². The zero-order valence-electron chi connectivity index (χ0n) is 8.93. The van der Waals surface area contributed by atoms with E-state index in [0.717, 1.165) is 18.4 Å². The first-order chi connectivity index (χ1) is 7.02. The summed E-state index contributed by atoms with van der Waals surface area (Å²) in [5.41, 5.74) is 1.04. The second-order valence-corrected chi connectivity index (χ2v) is 5.98. The third kappa shape index (κ3) is 3.87. The quantitative estimate of drug-likeness (QED) is 0.682. The molecule has 84 valence electrons. The molecule has 0 bridgehead atoms. The molecule has 0 amide bonds. The van der Waals surface area contributed by atoms with Gasteiger partial charge in [0.05, 0.1) is 4.47 Å². The molecular formula is C12H15Br2F. The van der Waals surface area contributed by atoms with Crippen LogP contribution < -0.4 is 0 Å². The summed E-state index contributed by atoms with van der Waals surface area (Å²) in [6.45, 7) is 4.36. The minimum atomic E-state index is -0.178. The van der Waals surface area contributed by atoms with Gasteiger partial charge in [-0.3, -0.25) is 0 Å². The highest BCUT2D eigenvalue weighted by Gasteiger charge is 2.11. The van der Waals surface area contributed by atoms with Crippen LogP contribution in [0.25, 0.3) is 0 Å². The molecular weight excluding hydrogens is 323 g/mol. The Morgan fingerprint density at radius 2 is 2.00 bits per heavy atom. The fourth-order valence-electron chi connectivity index (χ4n) is 1.37. The number of hydrogen-bond acceptors (Lipinski definition) is 0. The molecule has 1 aromatic carbocycles. The molecule has 0 aliphatic carbocycles. The lowest BCUT2D eigenvalue weighted by Gasteiger charge is -2.13. The SMILES string of the molecule is CC(C)C(Br)CCc1cccc(F)c1Br. The lowest BCUT2D eigenvalue weighted by atomic mass is 10.0. The molecule has 0 spiro atoms. The van der Waals surface area contributed by atoms with Crippen LogP contribution in [0.1, 0.15) is 25.8 Å². The molecule has 0 aliphatic rings. The van der Waals surface area contributed by atoms with E-state index in [2.05, 4.69) is 45.7 Å². The van der Waals surface area contributed by atoms with E-state index >= 15 is 0 Å². The zero-order valence-corrected chi connectivity index (χ0v) is 12.1. The second-order valence-electron chi connectivity index (χ2n) is 4.01. The Kier molecular flexibility index (Phi) is 5.27. The Morgan fingerprint density at radius 1 is 1.33 bits per heavy atom. The molecule has 0 heterocycles. The van der Waals surface area contributed by atoms with Crippen LogP contribution >= 0.6 is 31.9 Å². The van der Waals surface area contributed by atoms with Crippen LogP contribution in [0.3, 0.4) is 0 Å². The van der Waals surface area contributed by atoms with Crippen molar-refractivity contribution in [1.29, 1.82) is 0 Å². The van der Waals surface area contributed by atoms with Crippen molar-refractivity contribution < 1.29 is 4.39 Å². The molecule has 15 heavy (non-hydrogen) atoms. The molecule has 1 aromatic rings. The Hall–Kier alpha value is 0.110. The fourth-order valence-corrected chi connectivity index (χ4v) is 2.06. The van der Waals surface area contributed by atoms with E-state index in [-0.39, 0.29) is 5.82 Å². The summed E-state index contributed by atoms with van der Waals surface area (Å²) in [6.07, 6.45) is 1.92. The fraction of sp³-hybridized carbons (Fsp3) is 0.500. The van der Waals surface area contributed by atoms with Crippen LogP contribution in [0.5, 0.6) is 0 Å². The van der Waals surface area contributed by atoms with E-state index in [9.17, 15) is 4.39 Å². The van der Waals surface area contributed by atoms with Gasteiger partial charge in [-0.1, -0.05) is 41.9 Å². The van der Waals surface area contributed by atoms with E-state index in [1.54, 1.807) is 6.07 Å². The molecule has 0 aliphatic heterocycles. The van der Waals surface area contributed by atoms with Gasteiger partial charge in [-0.05, 0) is 46.3 Å². The first kappa shape index (κ1) is 13.2. The Morgan fingerprint density at radius 3 is 2.60 bits per heavy atom. The topological polar surface area (TPSA) is 0 Å². The Balaban J connectivity index is 2.62. The summed E-state index contributed by atoms with van der Waals surface area (Å²) >= 11 is 6.91. The third-order valence-electron chi connectivity index (χ3n) is 2.44. The van der Waals surface area contributed by atoms with E-state index in [4.69, 9.17) is 0 Å². The minimum Gasteiger partial charge on any atom is -0.206 e. The molecule has 1 unspecified atom stereocenters. The van der Waals surface area contributed by atoms with Crippen molar-refractivity contribution in [3.05, 3.63) is 34.1 Å². The standard InChI is InChI=1S/C12H15Br2F/c1-8(2)10(13)7-6-9-4-3-5-11(15)12(9)14/h3-5,8,10H,6-7H2,1-2H3. The van der Waals surface area contributed by atoms with Crippen molar-refractivity contribution in [2.45, 2.75) is 31.5 Å². The van der Waals surface area contributed by atoms with Crippen molar-refractivity contribution in [2.24, 2.45) is 5.92 Å². The van der Waals surface area contributed by atoms with Gasteiger partial charge < -0.3 is 0 Å². The van der Waals surface area contributed by atoms with Crippen molar-refractivity contribution in [2.75, 3.05) is 0 Å². The van der Waals surface area contributed by atoms with Crippen LogP contribution in [0.15, 0.2) is 22.7 Å². The molecule has 0 saturated heterocycles. The van der Waals surface area contributed by atoms with Crippen LogP contribution in [-0.4, -0.2) is 4.83 Å². The van der Waals surface area contributed by atoms with E-state index < -0.39 is 0 Å². The highest BCUT2D eigenvalue weighted by atomic mass is 79.9. The maximum absolute atomic E-state index is 13.2. The molecule has 0 saturated carbocycles. The molecule has 0 radical (unpaired) electrons. The number of rotatable bonds is 4. The van der Waals surface area contributed by atoms with Crippen molar-refractivity contribution in [3.8, 4) is 0 Å². The van der Waals surface area contributed by atoms with Gasteiger partial charge in [0.1, 0.15) is 5.82 Å². The van der Waals surface area contributed by atoms with Crippen molar-refractivity contribution in [3.63, 3.8) is 0 Å². The Bertz CT molecular complexity index is 323. The summed E-state index contributed by atoms with van der Waals surface area (Å²) in [5.74, 6) is 0.431. The maximum atomic E-state index is 13.2. The summed E-state index contributed by atoms with van der Waals surface area (Å²) < 4.78 is 13.8. The first-order valence-corrected chi connectivity index (χ1v) is 6.80. The summed E-state index contributed by atoms with van der Waals surface area (Å²) in [5, 5.41) is 0. The van der Waals surface area contributed by atoms with Gasteiger partial charge in [-0.25, -0.2) is 4.39 Å². The molecule has 3 heteroatoms. The summed E-state index contributed by atoms with van der Waals surface area (Å²) in [6, 6.07) is 5.20. The van der Waals surface area contributed by atoms with E-state index in [0.29, 0.717) is 15.2 Å². The molecule has 0 nitrogen and oxygen atoms in total.